The molecule has 190 valence electrons. The number of ether oxygens (including phenoxy) is 2. The van der Waals surface area contributed by atoms with Crippen LogP contribution in [-0.2, 0) is 14.3 Å². The van der Waals surface area contributed by atoms with Gasteiger partial charge in [0.1, 0.15) is 18.0 Å². The zero-order chi connectivity index (χ0) is 25.2. The van der Waals surface area contributed by atoms with E-state index in [0.717, 1.165) is 18.4 Å². The van der Waals surface area contributed by atoms with E-state index < -0.39 is 38.2 Å². The second-order valence-electron chi connectivity index (χ2n) is 9.96. The lowest BCUT2D eigenvalue weighted by Gasteiger charge is -2.43. The second-order valence-corrected chi connectivity index (χ2v) is 13.8. The van der Waals surface area contributed by atoms with Crippen LogP contribution in [0.15, 0.2) is 18.2 Å². The first-order valence-corrected chi connectivity index (χ1v) is 14.8. The molecule has 0 bridgehead atoms. The van der Waals surface area contributed by atoms with Crippen LogP contribution in [0.5, 0.6) is 5.75 Å². The van der Waals surface area contributed by atoms with Gasteiger partial charge < -0.3 is 34.0 Å². The van der Waals surface area contributed by atoms with Crippen LogP contribution >= 0.6 is 0 Å². The van der Waals surface area contributed by atoms with Crippen LogP contribution in [0.4, 0.5) is 9.80 Å². The molecule has 2 heterocycles. The average Bonchev–Trinajstić information content (AvgIpc) is 3.25. The van der Waals surface area contributed by atoms with Gasteiger partial charge in [-0.25, -0.2) is 0 Å². The van der Waals surface area contributed by atoms with Crippen LogP contribution in [-0.4, -0.2) is 73.8 Å². The molecule has 6 atom stereocenters. The third kappa shape index (κ3) is 5.62. The van der Waals surface area contributed by atoms with E-state index in [1.165, 1.54) is 6.92 Å². The molecule has 0 saturated carbocycles. The van der Waals surface area contributed by atoms with Gasteiger partial charge >= 0.3 is 0 Å². The van der Waals surface area contributed by atoms with Crippen LogP contribution < -0.4 is 10.1 Å². The van der Waals surface area contributed by atoms with Crippen molar-refractivity contribution in [2.45, 2.75) is 76.1 Å². The number of anilines is 1. The minimum atomic E-state index is -3.35. The number of rotatable bonds is 8. The molecule has 10 heteroatoms. The first-order valence-electron chi connectivity index (χ1n) is 11.9. The summed E-state index contributed by atoms with van der Waals surface area (Å²) in [4.78, 5) is 26.7. The van der Waals surface area contributed by atoms with Crippen LogP contribution in [0, 0.1) is 5.92 Å². The van der Waals surface area contributed by atoms with Crippen molar-refractivity contribution in [3.05, 3.63) is 23.8 Å². The zero-order valence-corrected chi connectivity index (χ0v) is 21.6. The Morgan fingerprint density at radius 1 is 1.38 bits per heavy atom. The van der Waals surface area contributed by atoms with Crippen molar-refractivity contribution in [3.8, 4) is 5.75 Å². The Hall–Kier alpha value is -2.01. The van der Waals surface area contributed by atoms with Crippen molar-refractivity contribution in [1.29, 1.82) is 0 Å². The highest BCUT2D eigenvalue weighted by Gasteiger charge is 2.49. The van der Waals surface area contributed by atoms with Crippen LogP contribution in [0.25, 0.3) is 0 Å². The van der Waals surface area contributed by atoms with E-state index in [1.807, 2.05) is 6.92 Å². The Balaban J connectivity index is 1.88. The maximum absolute atomic E-state index is 15.7. The monoisotopic (exact) mass is 496 g/mol. The highest BCUT2D eigenvalue weighted by molar-refractivity contribution is 6.72. The van der Waals surface area contributed by atoms with Crippen molar-refractivity contribution < 1.29 is 33.4 Å². The smallest absolute Gasteiger partial charge is 0.252 e. The number of nitrogens with zero attached hydrogens (tertiary/aromatic N) is 1. The topological polar surface area (TPSA) is 108 Å². The van der Waals surface area contributed by atoms with Crippen LogP contribution in [0.1, 0.15) is 44.8 Å². The predicted molar refractivity (Wildman–Crippen MR) is 129 cm³/mol. The average molecular weight is 497 g/mol. The molecule has 1 aromatic rings. The van der Waals surface area contributed by atoms with Crippen molar-refractivity contribution in [1.82, 2.24) is 4.90 Å². The molecule has 1 fully saturated rings. The summed E-state index contributed by atoms with van der Waals surface area (Å²) in [5.41, 5.74) is 0.616. The van der Waals surface area contributed by atoms with Gasteiger partial charge in [0.05, 0.1) is 18.8 Å². The number of carbonyl (C=O) groups is 2. The van der Waals surface area contributed by atoms with Gasteiger partial charge in [-0.2, -0.15) is 0 Å². The number of hydrogen-bond donors (Lipinski definition) is 3. The van der Waals surface area contributed by atoms with Gasteiger partial charge in [-0.05, 0) is 51.1 Å². The summed E-state index contributed by atoms with van der Waals surface area (Å²) >= 11 is 0. The number of methoxy groups -OCH3 is 1. The van der Waals surface area contributed by atoms with Crippen molar-refractivity contribution in [2.75, 3.05) is 25.6 Å². The third-order valence-corrected chi connectivity index (χ3v) is 9.35. The summed E-state index contributed by atoms with van der Waals surface area (Å²) in [6, 6.07) is 4.90. The number of aliphatic hydroxyl groups is 2. The Bertz CT molecular complexity index is 893. The molecule has 0 aliphatic carbocycles. The zero-order valence-electron chi connectivity index (χ0n) is 20.6. The first-order chi connectivity index (χ1) is 16.0. The van der Waals surface area contributed by atoms with Gasteiger partial charge in [-0.15, -0.1) is 0 Å². The summed E-state index contributed by atoms with van der Waals surface area (Å²) in [7, 11) is -1.77. The standard InChI is InChI=1S/C24H37FN2O6Si/c1-14-22(32-3)18-11-16(26-24(31)15(2)29)8-9-19(18)33-23(14)20(34(4,5)25)12-21(30)27-10-6-7-17(27)13-28/h8-9,11,14-15,17,20,22-23,28-29H,6-7,10,12-13H2,1-5H3,(H,26,31)/t14-,15+,17+,20?,22-,23-/m1/s1. The lowest BCUT2D eigenvalue weighted by atomic mass is 9.86. The van der Waals surface area contributed by atoms with Gasteiger partial charge in [0.15, 0.2) is 0 Å². The molecule has 1 unspecified atom stereocenters. The van der Waals surface area contributed by atoms with E-state index in [0.29, 0.717) is 18.0 Å². The third-order valence-electron chi connectivity index (χ3n) is 7.06. The molecule has 1 saturated heterocycles. The highest BCUT2D eigenvalue weighted by Crippen LogP contribution is 2.48. The number of likely N-dealkylation sites (tertiary alicyclic amines) is 1. The lowest BCUT2D eigenvalue weighted by molar-refractivity contribution is -0.133. The molecule has 3 rings (SSSR count). The summed E-state index contributed by atoms with van der Waals surface area (Å²) in [6.07, 6.45) is -0.530. The molecular formula is C24H37FN2O6Si. The molecule has 2 aliphatic heterocycles. The van der Waals surface area contributed by atoms with Crippen molar-refractivity contribution in [3.63, 3.8) is 0 Å². The van der Waals surface area contributed by atoms with Crippen LogP contribution in [0.2, 0.25) is 18.6 Å². The van der Waals surface area contributed by atoms with Gasteiger partial charge in [-0.1, -0.05) is 6.92 Å². The van der Waals surface area contributed by atoms with Gasteiger partial charge in [0.2, 0.25) is 14.3 Å². The Labute approximate surface area is 201 Å². The largest absolute Gasteiger partial charge is 0.490 e. The molecule has 8 nitrogen and oxygen atoms in total. The van der Waals surface area contributed by atoms with Gasteiger partial charge in [0, 0.05) is 42.8 Å². The molecule has 34 heavy (non-hydrogen) atoms. The number of halogens is 1. The predicted octanol–water partition coefficient (Wildman–Crippen LogP) is 3.01. The maximum Gasteiger partial charge on any atom is 0.252 e. The molecule has 3 N–H and O–H groups in total. The number of amides is 2. The second kappa shape index (κ2) is 10.7. The molecule has 0 radical (unpaired) electrons. The molecule has 1 aromatic carbocycles. The first kappa shape index (κ1) is 26.6. The summed E-state index contributed by atoms with van der Waals surface area (Å²) in [5.74, 6) is -0.405. The maximum atomic E-state index is 15.7. The molecule has 2 amide bonds. The van der Waals surface area contributed by atoms with E-state index >= 15 is 4.11 Å². The van der Waals surface area contributed by atoms with E-state index in [9.17, 15) is 19.8 Å². The minimum absolute atomic E-state index is 0.0233. The Morgan fingerprint density at radius 3 is 2.68 bits per heavy atom. The fourth-order valence-corrected chi connectivity index (χ4v) is 6.92. The Kier molecular flexibility index (Phi) is 8.38. The number of hydrogen-bond acceptors (Lipinski definition) is 6. The van der Waals surface area contributed by atoms with E-state index in [4.69, 9.17) is 9.47 Å². The van der Waals surface area contributed by atoms with Crippen molar-refractivity contribution >= 4 is 25.9 Å². The molecule has 0 spiro atoms. The molecular weight excluding hydrogens is 459 g/mol. The van der Waals surface area contributed by atoms with Crippen LogP contribution in [0.3, 0.4) is 0 Å². The number of fused-ring (bicyclic) bond motifs is 1. The normalized spacial score (nSPS) is 26.4. The Morgan fingerprint density at radius 2 is 2.09 bits per heavy atom. The molecule has 2 aliphatic rings. The summed E-state index contributed by atoms with van der Waals surface area (Å²) < 4.78 is 27.8. The summed E-state index contributed by atoms with van der Waals surface area (Å²) in [6.45, 7) is 7.00. The van der Waals surface area contributed by atoms with Gasteiger partial charge in [-0.3, -0.25) is 9.59 Å². The lowest BCUT2D eigenvalue weighted by Crippen LogP contribution is -2.48. The summed E-state index contributed by atoms with van der Waals surface area (Å²) in [5, 5.41) is 21.7. The SMILES string of the molecule is CO[C@H]1c2cc(NC(=O)[C@H](C)O)ccc2O[C@@H](C(CC(=O)N2CCC[C@H]2CO)[Si](C)(C)F)[C@@H]1C. The highest BCUT2D eigenvalue weighted by atomic mass is 28.4. The minimum Gasteiger partial charge on any atom is -0.490 e. The van der Waals surface area contributed by atoms with Crippen molar-refractivity contribution in [2.24, 2.45) is 5.92 Å². The fourth-order valence-electron chi connectivity index (χ4n) is 5.11. The molecule has 0 aromatic heterocycles. The number of benzene rings is 1. The quantitative estimate of drug-likeness (QED) is 0.377. The number of nitrogens with one attached hydrogen (secondary N) is 1. The number of carbonyl (C=O) groups excluding carboxylic acids is 2. The van der Waals surface area contributed by atoms with E-state index in [2.05, 4.69) is 5.32 Å². The number of aliphatic hydroxyl groups excluding tert-OH is 2. The van der Waals surface area contributed by atoms with E-state index in [-0.39, 0.29) is 30.9 Å². The fraction of sp³-hybridized carbons (Fsp3) is 0.667. The van der Waals surface area contributed by atoms with E-state index in [1.54, 1.807) is 43.3 Å². The van der Waals surface area contributed by atoms with Gasteiger partial charge in [0.25, 0.3) is 5.91 Å².